The van der Waals surface area contributed by atoms with Crippen molar-refractivity contribution >= 4 is 23.2 Å². The van der Waals surface area contributed by atoms with Crippen molar-refractivity contribution in [1.29, 1.82) is 0 Å². The highest BCUT2D eigenvalue weighted by Crippen LogP contribution is 2.26. The van der Waals surface area contributed by atoms with Crippen molar-refractivity contribution in [3.8, 4) is 0 Å². The molecule has 1 amide bonds. The molecule has 0 spiro atoms. The smallest absolute Gasteiger partial charge is 0.285 e. The average Bonchev–Trinajstić information content (AvgIpc) is 2.49. The number of carbonyl (C=O) groups is 1. The van der Waals surface area contributed by atoms with E-state index >= 15 is 0 Å². The number of hydrogen-bond donors (Lipinski definition) is 0. The molecule has 23 heavy (non-hydrogen) atoms. The first-order valence-corrected chi connectivity index (χ1v) is 7.13. The van der Waals surface area contributed by atoms with E-state index in [9.17, 15) is 19.3 Å². The SMILES string of the molecule is Cc1cccc(C(=O)N(C)Cc2c(F)cccc2Cl)c1[N+](=O)[O-]. The largest absolute Gasteiger partial charge is 0.337 e. The number of nitro benzene ring substituents is 1. The van der Waals surface area contributed by atoms with Gasteiger partial charge in [0.1, 0.15) is 11.4 Å². The fraction of sp³-hybridized carbons (Fsp3) is 0.188. The van der Waals surface area contributed by atoms with E-state index in [0.717, 1.165) is 0 Å². The molecule has 0 saturated carbocycles. The second-order valence-corrected chi connectivity index (χ2v) is 5.50. The fourth-order valence-electron chi connectivity index (χ4n) is 2.27. The quantitative estimate of drug-likeness (QED) is 0.627. The van der Waals surface area contributed by atoms with Crippen molar-refractivity contribution in [2.75, 3.05) is 7.05 Å². The van der Waals surface area contributed by atoms with Crippen molar-refractivity contribution < 1.29 is 14.1 Å². The molecule has 0 N–H and O–H groups in total. The topological polar surface area (TPSA) is 63.5 Å². The molecule has 0 aliphatic carbocycles. The van der Waals surface area contributed by atoms with Gasteiger partial charge < -0.3 is 4.90 Å². The number of amides is 1. The predicted molar refractivity (Wildman–Crippen MR) is 85.0 cm³/mol. The third-order valence-electron chi connectivity index (χ3n) is 3.45. The Balaban J connectivity index is 2.35. The van der Waals surface area contributed by atoms with Crippen LogP contribution in [-0.4, -0.2) is 22.8 Å². The molecular weight excluding hydrogens is 323 g/mol. The van der Waals surface area contributed by atoms with Crippen LogP contribution in [-0.2, 0) is 6.54 Å². The molecule has 2 aromatic rings. The van der Waals surface area contributed by atoms with Gasteiger partial charge in [0.2, 0.25) is 0 Å². The van der Waals surface area contributed by atoms with Gasteiger partial charge in [-0.25, -0.2) is 4.39 Å². The average molecular weight is 337 g/mol. The zero-order valence-electron chi connectivity index (χ0n) is 12.5. The molecule has 2 aromatic carbocycles. The Morgan fingerprint density at radius 2 is 1.96 bits per heavy atom. The standard InChI is InChI=1S/C16H14ClFN2O3/c1-10-5-3-6-11(15(10)20(22)23)16(21)19(2)9-12-13(17)7-4-8-14(12)18/h3-8H,9H2,1-2H3. The number of hydrogen-bond acceptors (Lipinski definition) is 3. The van der Waals surface area contributed by atoms with Crippen LogP contribution in [0.5, 0.6) is 0 Å². The zero-order valence-corrected chi connectivity index (χ0v) is 13.3. The Labute approximate surface area is 137 Å². The van der Waals surface area contributed by atoms with E-state index in [1.807, 2.05) is 0 Å². The number of aryl methyl sites for hydroxylation is 1. The van der Waals surface area contributed by atoms with Crippen molar-refractivity contribution in [3.05, 3.63) is 74.0 Å². The molecule has 0 aliphatic heterocycles. The molecule has 0 radical (unpaired) electrons. The Hall–Kier alpha value is -2.47. The van der Waals surface area contributed by atoms with Crippen LogP contribution in [0.3, 0.4) is 0 Å². The van der Waals surface area contributed by atoms with Gasteiger partial charge in [-0.1, -0.05) is 29.8 Å². The van der Waals surface area contributed by atoms with Crippen LogP contribution in [0.4, 0.5) is 10.1 Å². The lowest BCUT2D eigenvalue weighted by Gasteiger charge is -2.18. The lowest BCUT2D eigenvalue weighted by atomic mass is 10.1. The maximum atomic E-state index is 13.8. The molecule has 5 nitrogen and oxygen atoms in total. The van der Waals surface area contributed by atoms with Gasteiger partial charge in [0.05, 0.1) is 4.92 Å². The first kappa shape index (κ1) is 16.9. The lowest BCUT2D eigenvalue weighted by Crippen LogP contribution is -2.27. The minimum Gasteiger partial charge on any atom is -0.337 e. The van der Waals surface area contributed by atoms with E-state index in [1.54, 1.807) is 19.1 Å². The highest BCUT2D eigenvalue weighted by molar-refractivity contribution is 6.31. The molecule has 0 aromatic heterocycles. The van der Waals surface area contributed by atoms with Crippen molar-refractivity contribution in [3.63, 3.8) is 0 Å². The minimum atomic E-state index is -0.591. The van der Waals surface area contributed by atoms with Crippen molar-refractivity contribution in [1.82, 2.24) is 4.90 Å². The number of nitrogens with zero attached hydrogens (tertiary/aromatic N) is 2. The third kappa shape index (κ3) is 3.48. The van der Waals surface area contributed by atoms with Gasteiger partial charge >= 0.3 is 0 Å². The van der Waals surface area contributed by atoms with Gasteiger partial charge in [-0.15, -0.1) is 0 Å². The molecule has 0 heterocycles. The monoisotopic (exact) mass is 336 g/mol. The van der Waals surface area contributed by atoms with Crippen LogP contribution in [0, 0.1) is 22.9 Å². The Bertz CT molecular complexity index is 760. The summed E-state index contributed by atoms with van der Waals surface area (Å²) < 4.78 is 13.8. The highest BCUT2D eigenvalue weighted by Gasteiger charge is 2.25. The summed E-state index contributed by atoms with van der Waals surface area (Å²) in [6.45, 7) is 1.47. The van der Waals surface area contributed by atoms with Gasteiger partial charge in [-0.05, 0) is 25.1 Å². The third-order valence-corrected chi connectivity index (χ3v) is 3.81. The summed E-state index contributed by atoms with van der Waals surface area (Å²) in [5.41, 5.74) is 0.271. The van der Waals surface area contributed by atoms with E-state index in [2.05, 4.69) is 0 Å². The van der Waals surface area contributed by atoms with Crippen LogP contribution in [0.1, 0.15) is 21.5 Å². The van der Waals surface area contributed by atoms with E-state index in [0.29, 0.717) is 5.56 Å². The van der Waals surface area contributed by atoms with Crippen LogP contribution < -0.4 is 0 Å². The first-order valence-electron chi connectivity index (χ1n) is 6.75. The Morgan fingerprint density at radius 1 is 1.30 bits per heavy atom. The predicted octanol–water partition coefficient (Wildman–Crippen LogP) is 3.97. The first-order chi connectivity index (χ1) is 10.8. The number of halogens is 2. The van der Waals surface area contributed by atoms with Crippen molar-refractivity contribution in [2.24, 2.45) is 0 Å². The van der Waals surface area contributed by atoms with Gasteiger partial charge in [-0.3, -0.25) is 14.9 Å². The van der Waals surface area contributed by atoms with Crippen LogP contribution in [0.15, 0.2) is 36.4 Å². The normalized spacial score (nSPS) is 10.4. The molecule has 0 saturated heterocycles. The Morgan fingerprint density at radius 3 is 2.57 bits per heavy atom. The number of benzene rings is 2. The maximum absolute atomic E-state index is 13.8. The molecule has 0 fully saturated rings. The molecule has 0 bridgehead atoms. The summed E-state index contributed by atoms with van der Waals surface area (Å²) in [6, 6.07) is 8.74. The second kappa shape index (κ2) is 6.75. The molecule has 0 unspecified atom stereocenters. The summed E-state index contributed by atoms with van der Waals surface area (Å²) in [5, 5.41) is 11.4. The molecule has 0 aliphatic rings. The minimum absolute atomic E-state index is 0.0371. The van der Waals surface area contributed by atoms with E-state index in [-0.39, 0.29) is 28.4 Å². The Kier molecular flexibility index (Phi) is 4.95. The number of para-hydroxylation sites is 1. The maximum Gasteiger partial charge on any atom is 0.285 e. The van der Waals surface area contributed by atoms with Crippen LogP contribution in [0.25, 0.3) is 0 Å². The number of rotatable bonds is 4. The summed E-state index contributed by atoms with van der Waals surface area (Å²) in [5.74, 6) is -1.10. The number of carbonyl (C=O) groups excluding carboxylic acids is 1. The van der Waals surface area contributed by atoms with Gasteiger partial charge in [-0.2, -0.15) is 0 Å². The lowest BCUT2D eigenvalue weighted by molar-refractivity contribution is -0.385. The summed E-state index contributed by atoms with van der Waals surface area (Å²) in [6.07, 6.45) is 0. The molecule has 0 atom stereocenters. The molecule has 2 rings (SSSR count). The molecular formula is C16H14ClFN2O3. The second-order valence-electron chi connectivity index (χ2n) is 5.09. The van der Waals surface area contributed by atoms with Crippen molar-refractivity contribution in [2.45, 2.75) is 13.5 Å². The number of nitro groups is 1. The summed E-state index contributed by atoms with van der Waals surface area (Å²) in [4.78, 5) is 24.3. The fourth-order valence-corrected chi connectivity index (χ4v) is 2.49. The van der Waals surface area contributed by atoms with Gasteiger partial charge in [0.25, 0.3) is 11.6 Å². The van der Waals surface area contributed by atoms with Crippen LogP contribution >= 0.6 is 11.6 Å². The summed E-state index contributed by atoms with van der Waals surface area (Å²) in [7, 11) is 1.44. The zero-order chi connectivity index (χ0) is 17.1. The van der Waals surface area contributed by atoms with Gasteiger partial charge in [0, 0.05) is 29.7 Å². The van der Waals surface area contributed by atoms with Crippen LogP contribution in [0.2, 0.25) is 5.02 Å². The highest BCUT2D eigenvalue weighted by atomic mass is 35.5. The molecule has 120 valence electrons. The van der Waals surface area contributed by atoms with E-state index in [1.165, 1.54) is 36.2 Å². The summed E-state index contributed by atoms with van der Waals surface area (Å²) >= 11 is 5.95. The van der Waals surface area contributed by atoms with E-state index in [4.69, 9.17) is 11.6 Å². The van der Waals surface area contributed by atoms with E-state index < -0.39 is 16.6 Å². The molecule has 7 heteroatoms. The van der Waals surface area contributed by atoms with Gasteiger partial charge in [0.15, 0.2) is 0 Å².